The maximum Gasteiger partial charge on any atom is 0.227 e. The topological polar surface area (TPSA) is 20.3 Å². The Kier molecular flexibility index (Phi) is 3.64. The van der Waals surface area contributed by atoms with Crippen LogP contribution in [-0.4, -0.2) is 17.8 Å². The molecule has 1 heterocycles. The number of benzene rings is 1. The molecule has 1 atom stereocenters. The number of anilines is 1. The molecule has 16 heavy (non-hydrogen) atoms. The fourth-order valence-electron chi connectivity index (χ4n) is 2.05. The van der Waals surface area contributed by atoms with E-state index < -0.39 is 0 Å². The number of hydrogen-bond donors (Lipinski definition) is 0. The first-order chi connectivity index (χ1) is 7.74. The van der Waals surface area contributed by atoms with Crippen molar-refractivity contribution in [2.75, 3.05) is 16.8 Å². The van der Waals surface area contributed by atoms with Crippen molar-refractivity contribution in [2.24, 2.45) is 5.92 Å². The van der Waals surface area contributed by atoms with E-state index in [9.17, 15) is 4.79 Å². The van der Waals surface area contributed by atoms with Crippen molar-refractivity contribution in [3.05, 3.63) is 29.8 Å². The Morgan fingerprint density at radius 2 is 2.06 bits per heavy atom. The fraction of sp³-hybridized carbons (Fsp3) is 0.462. The van der Waals surface area contributed by atoms with Crippen LogP contribution in [0.3, 0.4) is 0 Å². The van der Waals surface area contributed by atoms with Crippen molar-refractivity contribution in [1.82, 2.24) is 0 Å². The van der Waals surface area contributed by atoms with Crippen molar-refractivity contribution in [2.45, 2.75) is 19.8 Å². The first kappa shape index (κ1) is 11.6. The van der Waals surface area contributed by atoms with E-state index in [1.165, 1.54) is 5.56 Å². The Morgan fingerprint density at radius 1 is 1.38 bits per heavy atom. The Morgan fingerprint density at radius 3 is 2.56 bits per heavy atom. The summed E-state index contributed by atoms with van der Waals surface area (Å²) >= 11 is 3.45. The van der Waals surface area contributed by atoms with Gasteiger partial charge >= 0.3 is 0 Å². The molecule has 1 aromatic rings. The molecule has 2 rings (SSSR count). The molecule has 0 aromatic heterocycles. The number of carbonyl (C=O) groups is 1. The molecule has 2 nitrogen and oxygen atoms in total. The van der Waals surface area contributed by atoms with Crippen LogP contribution in [0.4, 0.5) is 5.69 Å². The molecule has 1 unspecified atom stereocenters. The van der Waals surface area contributed by atoms with Crippen LogP contribution in [0.15, 0.2) is 24.3 Å². The highest BCUT2D eigenvalue weighted by Crippen LogP contribution is 2.26. The fourth-order valence-corrected chi connectivity index (χ4v) is 2.48. The molecule has 1 fully saturated rings. The Bertz CT molecular complexity index is 374. The molecule has 1 saturated heterocycles. The van der Waals surface area contributed by atoms with E-state index in [-0.39, 0.29) is 5.91 Å². The lowest BCUT2D eigenvalue weighted by atomic mass is 10.1. The van der Waals surface area contributed by atoms with E-state index in [2.05, 4.69) is 35.0 Å². The average molecular weight is 282 g/mol. The quantitative estimate of drug-likeness (QED) is 0.780. The first-order valence-corrected chi connectivity index (χ1v) is 6.82. The second-order valence-electron chi connectivity index (χ2n) is 4.25. The summed E-state index contributed by atoms with van der Waals surface area (Å²) in [5.41, 5.74) is 2.35. The Labute approximate surface area is 105 Å². The van der Waals surface area contributed by atoms with Crippen molar-refractivity contribution in [1.29, 1.82) is 0 Å². The van der Waals surface area contributed by atoms with Crippen molar-refractivity contribution in [3.63, 3.8) is 0 Å². The van der Waals surface area contributed by atoms with Crippen LogP contribution in [0.25, 0.3) is 0 Å². The predicted octanol–water partition coefficient (Wildman–Crippen LogP) is 3.00. The van der Waals surface area contributed by atoms with Crippen LogP contribution >= 0.6 is 15.9 Å². The number of carbonyl (C=O) groups excluding carboxylic acids is 1. The Balaban J connectivity index is 2.15. The van der Waals surface area contributed by atoms with E-state index in [1.54, 1.807) is 0 Å². The van der Waals surface area contributed by atoms with E-state index in [0.717, 1.165) is 24.0 Å². The molecular weight excluding hydrogens is 266 g/mol. The van der Waals surface area contributed by atoms with Crippen molar-refractivity contribution >= 4 is 27.5 Å². The molecule has 0 N–H and O–H groups in total. The summed E-state index contributed by atoms with van der Waals surface area (Å²) in [6.07, 6.45) is 1.71. The van der Waals surface area contributed by atoms with Gasteiger partial charge in [0, 0.05) is 24.0 Å². The third-order valence-electron chi connectivity index (χ3n) is 3.08. The highest BCUT2D eigenvalue weighted by Gasteiger charge is 2.29. The summed E-state index contributed by atoms with van der Waals surface area (Å²) in [7, 11) is 0. The highest BCUT2D eigenvalue weighted by atomic mass is 79.9. The minimum atomic E-state index is 0.244. The second kappa shape index (κ2) is 5.00. The van der Waals surface area contributed by atoms with Gasteiger partial charge in [-0.3, -0.25) is 4.79 Å². The van der Waals surface area contributed by atoms with Gasteiger partial charge < -0.3 is 4.90 Å². The third kappa shape index (κ3) is 2.29. The summed E-state index contributed by atoms with van der Waals surface area (Å²) in [5, 5.41) is 0.905. The zero-order chi connectivity index (χ0) is 11.5. The molecule has 0 radical (unpaired) electrons. The van der Waals surface area contributed by atoms with Gasteiger partial charge in [0.2, 0.25) is 5.91 Å². The summed E-state index contributed by atoms with van der Waals surface area (Å²) in [6.45, 7) is 2.98. The number of hydrogen-bond acceptors (Lipinski definition) is 1. The minimum absolute atomic E-state index is 0.244. The summed E-state index contributed by atoms with van der Waals surface area (Å²) in [5.74, 6) is 0.701. The third-order valence-corrected chi connectivity index (χ3v) is 4.00. The average Bonchev–Trinajstić information content (AvgIpc) is 2.71. The van der Waals surface area contributed by atoms with E-state index >= 15 is 0 Å². The number of nitrogens with zero attached hydrogens (tertiary/aromatic N) is 1. The van der Waals surface area contributed by atoms with Crippen LogP contribution in [-0.2, 0) is 11.2 Å². The number of alkyl halides is 1. The molecule has 1 aliphatic heterocycles. The van der Waals surface area contributed by atoms with Crippen molar-refractivity contribution < 1.29 is 4.79 Å². The van der Waals surface area contributed by atoms with Crippen molar-refractivity contribution in [3.8, 4) is 0 Å². The van der Waals surface area contributed by atoms with Gasteiger partial charge in [0.15, 0.2) is 0 Å². The van der Waals surface area contributed by atoms with Crippen LogP contribution in [0.5, 0.6) is 0 Å². The van der Waals surface area contributed by atoms with E-state index in [4.69, 9.17) is 0 Å². The summed E-state index contributed by atoms with van der Waals surface area (Å²) in [6, 6.07) is 8.30. The standard InChI is InChI=1S/C13H16BrNO/c1-2-10-3-5-12(6-4-10)15-9-11(8-14)7-13(15)16/h3-6,11H,2,7-9H2,1H3. The first-order valence-electron chi connectivity index (χ1n) is 5.70. The number of aryl methyl sites for hydroxylation is 1. The molecule has 0 aliphatic carbocycles. The lowest BCUT2D eigenvalue weighted by Crippen LogP contribution is -2.24. The van der Waals surface area contributed by atoms with Gasteiger partial charge in [0.05, 0.1) is 0 Å². The molecule has 0 spiro atoms. The van der Waals surface area contributed by atoms with Gasteiger partial charge in [-0.05, 0) is 30.0 Å². The second-order valence-corrected chi connectivity index (χ2v) is 4.90. The lowest BCUT2D eigenvalue weighted by Gasteiger charge is -2.16. The molecule has 86 valence electrons. The van der Waals surface area contributed by atoms with Gasteiger partial charge in [0.1, 0.15) is 0 Å². The summed E-state index contributed by atoms with van der Waals surface area (Å²) < 4.78 is 0. The molecular formula is C13H16BrNO. The zero-order valence-corrected chi connectivity index (χ0v) is 11.0. The van der Waals surface area contributed by atoms with Gasteiger partial charge in [-0.15, -0.1) is 0 Å². The minimum Gasteiger partial charge on any atom is -0.312 e. The monoisotopic (exact) mass is 281 g/mol. The number of amides is 1. The van der Waals surface area contributed by atoms with Crippen LogP contribution in [0.2, 0.25) is 0 Å². The van der Waals surface area contributed by atoms with E-state index in [0.29, 0.717) is 12.3 Å². The molecule has 1 aromatic carbocycles. The largest absolute Gasteiger partial charge is 0.312 e. The maximum atomic E-state index is 11.8. The lowest BCUT2D eigenvalue weighted by molar-refractivity contribution is -0.117. The molecule has 0 bridgehead atoms. The smallest absolute Gasteiger partial charge is 0.227 e. The van der Waals surface area contributed by atoms with Crippen LogP contribution in [0, 0.1) is 5.92 Å². The van der Waals surface area contributed by atoms with Gasteiger partial charge in [0.25, 0.3) is 0 Å². The molecule has 1 aliphatic rings. The number of halogens is 1. The number of rotatable bonds is 3. The highest BCUT2D eigenvalue weighted by molar-refractivity contribution is 9.09. The van der Waals surface area contributed by atoms with Gasteiger partial charge in [-0.1, -0.05) is 35.0 Å². The van der Waals surface area contributed by atoms with E-state index in [1.807, 2.05) is 17.0 Å². The van der Waals surface area contributed by atoms with Crippen LogP contribution in [0.1, 0.15) is 18.9 Å². The predicted molar refractivity (Wildman–Crippen MR) is 70.1 cm³/mol. The van der Waals surface area contributed by atoms with Gasteiger partial charge in [-0.2, -0.15) is 0 Å². The van der Waals surface area contributed by atoms with Crippen LogP contribution < -0.4 is 4.90 Å². The zero-order valence-electron chi connectivity index (χ0n) is 9.45. The maximum absolute atomic E-state index is 11.8. The molecule has 3 heteroatoms. The summed E-state index contributed by atoms with van der Waals surface area (Å²) in [4.78, 5) is 13.7. The SMILES string of the molecule is CCc1ccc(N2CC(CBr)CC2=O)cc1. The Hall–Kier alpha value is -0.830. The molecule has 1 amide bonds. The van der Waals surface area contributed by atoms with Gasteiger partial charge in [-0.25, -0.2) is 0 Å². The molecule has 0 saturated carbocycles. The normalized spacial score (nSPS) is 20.5.